The third-order valence-corrected chi connectivity index (χ3v) is 5.30. The van der Waals surface area contributed by atoms with Gasteiger partial charge in [-0.1, -0.05) is 12.1 Å². The van der Waals surface area contributed by atoms with E-state index in [1.807, 2.05) is 39.0 Å². The highest BCUT2D eigenvalue weighted by Gasteiger charge is 2.04. The summed E-state index contributed by atoms with van der Waals surface area (Å²) >= 11 is 3.44. The molecule has 0 aliphatic rings. The Labute approximate surface area is 143 Å². The van der Waals surface area contributed by atoms with Crippen molar-refractivity contribution in [1.82, 2.24) is 9.97 Å². The van der Waals surface area contributed by atoms with Crippen LogP contribution in [0.2, 0.25) is 0 Å². The predicted molar refractivity (Wildman–Crippen MR) is 100 cm³/mol. The lowest BCUT2D eigenvalue weighted by molar-refractivity contribution is 0.412. The number of para-hydroxylation sites is 1. The molecule has 23 heavy (non-hydrogen) atoms. The third kappa shape index (κ3) is 3.51. The van der Waals surface area contributed by atoms with Crippen molar-refractivity contribution < 1.29 is 4.74 Å². The molecule has 0 bridgehead atoms. The number of aryl methyl sites for hydroxylation is 3. The first kappa shape index (κ1) is 15.9. The highest BCUT2D eigenvalue weighted by molar-refractivity contribution is 7.18. The van der Waals surface area contributed by atoms with Gasteiger partial charge >= 0.3 is 0 Å². The quantitative estimate of drug-likeness (QED) is 0.456. The maximum Gasteiger partial charge on any atom is 0.123 e. The number of fused-ring (bicyclic) bond motifs is 2. The summed E-state index contributed by atoms with van der Waals surface area (Å²) in [6, 6.07) is 12.3. The van der Waals surface area contributed by atoms with Gasteiger partial charge in [-0.05, 0) is 50.6 Å². The molecule has 5 heteroatoms. The summed E-state index contributed by atoms with van der Waals surface area (Å²) < 4.78 is 7.71. The van der Waals surface area contributed by atoms with E-state index in [2.05, 4.69) is 28.2 Å². The van der Waals surface area contributed by atoms with Crippen molar-refractivity contribution in [1.29, 1.82) is 0 Å². The van der Waals surface area contributed by atoms with Gasteiger partial charge in [0.05, 0.1) is 37.6 Å². The lowest BCUT2D eigenvalue weighted by Gasteiger charge is -2.02. The van der Waals surface area contributed by atoms with Gasteiger partial charge in [-0.3, -0.25) is 0 Å². The second-order valence-electron chi connectivity index (χ2n) is 5.22. The maximum absolute atomic E-state index is 5.24. The summed E-state index contributed by atoms with van der Waals surface area (Å²) in [5.74, 6) is 0.941. The molecule has 0 atom stereocenters. The van der Waals surface area contributed by atoms with Crippen LogP contribution in [0, 0.1) is 20.8 Å². The zero-order chi connectivity index (χ0) is 16.4. The number of hydrogen-bond donors (Lipinski definition) is 0. The lowest BCUT2D eigenvalue weighted by Crippen LogP contribution is -1.85. The van der Waals surface area contributed by atoms with Crippen molar-refractivity contribution in [3.63, 3.8) is 0 Å². The topological polar surface area (TPSA) is 35.0 Å². The molecular formula is C18H18N2OS2. The van der Waals surface area contributed by atoms with Crippen LogP contribution in [0.25, 0.3) is 20.4 Å². The van der Waals surface area contributed by atoms with Gasteiger partial charge in [-0.15, -0.1) is 22.7 Å². The number of thiazole rings is 2. The highest BCUT2D eigenvalue weighted by Crippen LogP contribution is 2.28. The average Bonchev–Trinajstić information content (AvgIpc) is 3.07. The fourth-order valence-corrected chi connectivity index (χ4v) is 4.05. The smallest absolute Gasteiger partial charge is 0.123 e. The number of benzene rings is 2. The molecule has 0 aliphatic carbocycles. The number of rotatable bonds is 1. The molecule has 0 aliphatic heterocycles. The van der Waals surface area contributed by atoms with Crippen LogP contribution in [0.3, 0.4) is 0 Å². The summed E-state index contributed by atoms with van der Waals surface area (Å²) in [5.41, 5.74) is 3.33. The van der Waals surface area contributed by atoms with E-state index in [1.165, 1.54) is 9.40 Å². The zero-order valence-electron chi connectivity index (χ0n) is 13.6. The molecule has 0 unspecified atom stereocenters. The predicted octanol–water partition coefficient (Wildman–Crippen LogP) is 5.53. The molecular weight excluding hydrogens is 324 g/mol. The highest BCUT2D eigenvalue weighted by atomic mass is 32.1. The summed E-state index contributed by atoms with van der Waals surface area (Å²) in [7, 11) is 1.70. The second-order valence-corrected chi connectivity index (χ2v) is 7.69. The Balaban J connectivity index is 0.000000140. The van der Waals surface area contributed by atoms with E-state index in [0.29, 0.717) is 0 Å². The van der Waals surface area contributed by atoms with Crippen LogP contribution in [0.1, 0.15) is 15.6 Å². The van der Waals surface area contributed by atoms with E-state index in [-0.39, 0.29) is 0 Å². The molecule has 2 aromatic heterocycles. The minimum absolute atomic E-state index is 0.941. The van der Waals surface area contributed by atoms with Gasteiger partial charge in [0.15, 0.2) is 0 Å². The van der Waals surface area contributed by atoms with E-state index in [4.69, 9.17) is 4.74 Å². The van der Waals surface area contributed by atoms with Gasteiger partial charge in [-0.2, -0.15) is 0 Å². The molecule has 4 rings (SSSR count). The van der Waals surface area contributed by atoms with Crippen LogP contribution in [0.15, 0.2) is 36.4 Å². The lowest BCUT2D eigenvalue weighted by atomic mass is 10.2. The van der Waals surface area contributed by atoms with Crippen molar-refractivity contribution >= 4 is 43.1 Å². The van der Waals surface area contributed by atoms with Gasteiger partial charge in [-0.25, -0.2) is 9.97 Å². The molecule has 3 nitrogen and oxygen atoms in total. The minimum Gasteiger partial charge on any atom is -0.496 e. The summed E-state index contributed by atoms with van der Waals surface area (Å²) in [4.78, 5) is 8.74. The Hall–Kier alpha value is -1.98. The van der Waals surface area contributed by atoms with E-state index < -0.39 is 0 Å². The molecule has 0 spiro atoms. The summed E-state index contributed by atoms with van der Waals surface area (Å²) in [5, 5.41) is 2.24. The Morgan fingerprint density at radius 3 is 2.17 bits per heavy atom. The molecule has 0 saturated carbocycles. The van der Waals surface area contributed by atoms with Crippen LogP contribution < -0.4 is 4.74 Å². The van der Waals surface area contributed by atoms with Gasteiger partial charge < -0.3 is 4.74 Å². The number of methoxy groups -OCH3 is 1. The molecule has 0 amide bonds. The fraction of sp³-hybridized carbons (Fsp3) is 0.222. The molecule has 118 valence electrons. The van der Waals surface area contributed by atoms with Crippen LogP contribution in [0.4, 0.5) is 0 Å². The Morgan fingerprint density at radius 1 is 0.826 bits per heavy atom. The Morgan fingerprint density at radius 2 is 1.48 bits per heavy atom. The monoisotopic (exact) mass is 342 g/mol. The Kier molecular flexibility index (Phi) is 4.59. The second kappa shape index (κ2) is 6.64. The van der Waals surface area contributed by atoms with Crippen molar-refractivity contribution in [2.24, 2.45) is 0 Å². The minimum atomic E-state index is 0.941. The average molecular weight is 342 g/mol. The van der Waals surface area contributed by atoms with Gasteiger partial charge in [0.25, 0.3) is 0 Å². The van der Waals surface area contributed by atoms with Crippen LogP contribution >= 0.6 is 22.7 Å². The number of nitrogens with zero attached hydrogens (tertiary/aromatic N) is 2. The standard InChI is InChI=1S/C10H11NOS.C8H7NS/c1-6-4-8-10(5-9(6)12-3)13-7(2)11-8;1-6-9-7-4-2-3-5-8(7)10-6/h4-5H,1-3H3;2-5H,1H3. The first-order chi connectivity index (χ1) is 11.1. The van der Waals surface area contributed by atoms with Crippen molar-refractivity contribution in [2.45, 2.75) is 20.8 Å². The Bertz CT molecular complexity index is 923. The van der Waals surface area contributed by atoms with Crippen LogP contribution in [-0.2, 0) is 0 Å². The zero-order valence-corrected chi connectivity index (χ0v) is 15.2. The molecule has 2 aromatic carbocycles. The SMILES string of the molecule is COc1cc2sc(C)nc2cc1C.Cc1nc2ccccc2s1. The molecule has 0 radical (unpaired) electrons. The van der Waals surface area contributed by atoms with E-state index >= 15 is 0 Å². The first-order valence-electron chi connectivity index (χ1n) is 7.31. The molecule has 0 saturated heterocycles. The maximum atomic E-state index is 5.24. The third-order valence-electron chi connectivity index (χ3n) is 3.41. The van der Waals surface area contributed by atoms with Gasteiger partial charge in [0, 0.05) is 0 Å². The molecule has 0 fully saturated rings. The van der Waals surface area contributed by atoms with E-state index in [9.17, 15) is 0 Å². The van der Waals surface area contributed by atoms with Crippen molar-refractivity contribution in [3.05, 3.63) is 52.0 Å². The van der Waals surface area contributed by atoms with Crippen molar-refractivity contribution in [3.8, 4) is 5.75 Å². The van der Waals surface area contributed by atoms with Gasteiger partial charge in [0.1, 0.15) is 5.75 Å². The van der Waals surface area contributed by atoms with E-state index in [0.717, 1.165) is 32.4 Å². The van der Waals surface area contributed by atoms with Crippen molar-refractivity contribution in [2.75, 3.05) is 7.11 Å². The molecule has 0 N–H and O–H groups in total. The first-order valence-corrected chi connectivity index (χ1v) is 8.94. The summed E-state index contributed by atoms with van der Waals surface area (Å²) in [6.07, 6.45) is 0. The molecule has 4 aromatic rings. The van der Waals surface area contributed by atoms with Crippen LogP contribution in [0.5, 0.6) is 5.75 Å². The number of ether oxygens (including phenoxy) is 1. The number of aromatic nitrogens is 2. The summed E-state index contributed by atoms with van der Waals surface area (Å²) in [6.45, 7) is 6.09. The van der Waals surface area contributed by atoms with E-state index in [1.54, 1.807) is 29.8 Å². The van der Waals surface area contributed by atoms with Gasteiger partial charge in [0.2, 0.25) is 0 Å². The largest absolute Gasteiger partial charge is 0.496 e. The normalized spacial score (nSPS) is 10.6. The number of hydrogen-bond acceptors (Lipinski definition) is 5. The van der Waals surface area contributed by atoms with Crippen LogP contribution in [-0.4, -0.2) is 17.1 Å². The fourth-order valence-electron chi connectivity index (χ4n) is 2.38. The molecule has 2 heterocycles.